The van der Waals surface area contributed by atoms with E-state index < -0.39 is 0 Å². The van der Waals surface area contributed by atoms with Crippen molar-refractivity contribution < 1.29 is 9.52 Å². The Morgan fingerprint density at radius 1 is 1.60 bits per heavy atom. The van der Waals surface area contributed by atoms with E-state index in [1.54, 1.807) is 6.26 Å². The zero-order valence-corrected chi connectivity index (χ0v) is 10.3. The normalized spacial score (nSPS) is 28.2. The van der Waals surface area contributed by atoms with Crippen molar-refractivity contribution in [1.29, 1.82) is 0 Å². The topological polar surface area (TPSA) is 45.4 Å². The van der Waals surface area contributed by atoms with Gasteiger partial charge >= 0.3 is 0 Å². The summed E-state index contributed by atoms with van der Waals surface area (Å²) in [5, 5.41) is 13.1. The van der Waals surface area contributed by atoms with Crippen LogP contribution in [0.4, 0.5) is 0 Å². The van der Waals surface area contributed by atoms with Crippen molar-refractivity contribution in [2.75, 3.05) is 0 Å². The Balaban J connectivity index is 1.97. The molecule has 1 aliphatic rings. The van der Waals surface area contributed by atoms with Gasteiger partial charge in [0.1, 0.15) is 5.76 Å². The van der Waals surface area contributed by atoms with Crippen LogP contribution < -0.4 is 5.32 Å². The van der Waals surface area contributed by atoms with E-state index in [9.17, 15) is 5.11 Å². The third-order valence-electron chi connectivity index (χ3n) is 2.98. The molecule has 1 aromatic heterocycles. The van der Waals surface area contributed by atoms with Crippen LogP contribution in [0.5, 0.6) is 0 Å². The number of hydrogen-bond donors (Lipinski definition) is 2. The van der Waals surface area contributed by atoms with Crippen LogP contribution in [0.3, 0.4) is 0 Å². The van der Waals surface area contributed by atoms with E-state index >= 15 is 0 Å². The van der Waals surface area contributed by atoms with E-state index in [0.717, 1.165) is 29.5 Å². The lowest BCUT2D eigenvalue weighted by molar-refractivity contribution is 0.142. The van der Waals surface area contributed by atoms with Gasteiger partial charge in [-0.05, 0) is 48.2 Å². The van der Waals surface area contributed by atoms with Crippen LogP contribution in [-0.4, -0.2) is 17.3 Å². The fourth-order valence-electron chi connectivity index (χ4n) is 2.15. The summed E-state index contributed by atoms with van der Waals surface area (Å²) in [5.74, 6) is 0.897. The quantitative estimate of drug-likeness (QED) is 0.890. The summed E-state index contributed by atoms with van der Waals surface area (Å²) < 4.78 is 6.36. The molecule has 2 N–H and O–H groups in total. The molecule has 15 heavy (non-hydrogen) atoms. The molecule has 0 radical (unpaired) electrons. The Hall–Kier alpha value is -0.320. The first-order chi connectivity index (χ1) is 7.18. The van der Waals surface area contributed by atoms with Crippen LogP contribution in [0.1, 0.15) is 38.0 Å². The van der Waals surface area contributed by atoms with Gasteiger partial charge in [0.05, 0.1) is 22.9 Å². The maximum absolute atomic E-state index is 9.70. The van der Waals surface area contributed by atoms with Crippen molar-refractivity contribution in [3.8, 4) is 0 Å². The summed E-state index contributed by atoms with van der Waals surface area (Å²) in [5.41, 5.74) is 0. The predicted molar refractivity (Wildman–Crippen MR) is 61.6 cm³/mol. The number of hydrogen-bond acceptors (Lipinski definition) is 3. The highest BCUT2D eigenvalue weighted by Crippen LogP contribution is 2.27. The molecule has 3 unspecified atom stereocenters. The lowest BCUT2D eigenvalue weighted by Gasteiger charge is -2.20. The summed E-state index contributed by atoms with van der Waals surface area (Å²) in [6.45, 7) is 2.05. The minimum absolute atomic E-state index is 0.132. The van der Waals surface area contributed by atoms with Crippen LogP contribution in [0, 0.1) is 0 Å². The highest BCUT2D eigenvalue weighted by atomic mass is 79.9. The highest BCUT2D eigenvalue weighted by Gasteiger charge is 2.27. The van der Waals surface area contributed by atoms with Crippen LogP contribution >= 0.6 is 15.9 Å². The lowest BCUT2D eigenvalue weighted by atomic mass is 10.1. The fraction of sp³-hybridized carbons (Fsp3) is 0.636. The van der Waals surface area contributed by atoms with Crippen LogP contribution in [0.2, 0.25) is 0 Å². The molecular weight excluding hydrogens is 258 g/mol. The van der Waals surface area contributed by atoms with E-state index in [0.29, 0.717) is 0 Å². The molecule has 3 nitrogen and oxygen atoms in total. The molecule has 0 aliphatic heterocycles. The van der Waals surface area contributed by atoms with E-state index in [-0.39, 0.29) is 18.2 Å². The van der Waals surface area contributed by atoms with E-state index in [1.165, 1.54) is 0 Å². The SMILES string of the molecule is CC(NC1CCCC1O)c1occc1Br. The van der Waals surface area contributed by atoms with Crippen LogP contribution in [-0.2, 0) is 0 Å². The van der Waals surface area contributed by atoms with Gasteiger partial charge in [0.15, 0.2) is 0 Å². The van der Waals surface area contributed by atoms with Crippen molar-refractivity contribution in [1.82, 2.24) is 5.32 Å². The molecule has 0 spiro atoms. The molecule has 0 bridgehead atoms. The maximum atomic E-state index is 9.70. The number of nitrogens with one attached hydrogen (secondary N) is 1. The van der Waals surface area contributed by atoms with Gasteiger partial charge < -0.3 is 14.8 Å². The average Bonchev–Trinajstić information content (AvgIpc) is 2.76. The largest absolute Gasteiger partial charge is 0.466 e. The molecule has 84 valence electrons. The van der Waals surface area contributed by atoms with Crippen molar-refractivity contribution in [2.24, 2.45) is 0 Å². The smallest absolute Gasteiger partial charge is 0.134 e. The van der Waals surface area contributed by atoms with Gasteiger partial charge in [-0.1, -0.05) is 0 Å². The molecule has 4 heteroatoms. The first-order valence-corrected chi connectivity index (χ1v) is 6.15. The zero-order valence-electron chi connectivity index (χ0n) is 8.74. The Bertz CT molecular complexity index is 326. The molecule has 0 aromatic carbocycles. The minimum Gasteiger partial charge on any atom is -0.466 e. The van der Waals surface area contributed by atoms with Gasteiger partial charge in [-0.2, -0.15) is 0 Å². The van der Waals surface area contributed by atoms with Gasteiger partial charge in [-0.15, -0.1) is 0 Å². The molecular formula is C11H16BrNO2. The number of furan rings is 1. The monoisotopic (exact) mass is 273 g/mol. The third-order valence-corrected chi connectivity index (χ3v) is 3.64. The number of aliphatic hydroxyl groups is 1. The molecule has 0 saturated heterocycles. The van der Waals surface area contributed by atoms with Crippen LogP contribution in [0.15, 0.2) is 21.2 Å². The Labute approximate surface area is 98.0 Å². The van der Waals surface area contributed by atoms with E-state index in [4.69, 9.17) is 4.42 Å². The molecule has 1 fully saturated rings. The van der Waals surface area contributed by atoms with Gasteiger partial charge in [0.25, 0.3) is 0 Å². The maximum Gasteiger partial charge on any atom is 0.134 e. The van der Waals surface area contributed by atoms with Crippen molar-refractivity contribution in [3.05, 3.63) is 22.6 Å². The van der Waals surface area contributed by atoms with Crippen molar-refractivity contribution >= 4 is 15.9 Å². The fourth-order valence-corrected chi connectivity index (χ4v) is 2.69. The van der Waals surface area contributed by atoms with Gasteiger partial charge in [0, 0.05) is 6.04 Å². The first kappa shape index (κ1) is 11.2. The zero-order chi connectivity index (χ0) is 10.8. The Morgan fingerprint density at radius 3 is 2.93 bits per heavy atom. The predicted octanol–water partition coefficient (Wildman–Crippen LogP) is 2.61. The van der Waals surface area contributed by atoms with Crippen molar-refractivity contribution in [3.63, 3.8) is 0 Å². The van der Waals surface area contributed by atoms with E-state index in [2.05, 4.69) is 28.2 Å². The molecule has 3 atom stereocenters. The first-order valence-electron chi connectivity index (χ1n) is 5.35. The van der Waals surface area contributed by atoms with Crippen LogP contribution in [0.25, 0.3) is 0 Å². The number of aliphatic hydroxyl groups excluding tert-OH is 1. The summed E-state index contributed by atoms with van der Waals surface area (Å²) in [4.78, 5) is 0. The molecule has 1 saturated carbocycles. The minimum atomic E-state index is -0.207. The van der Waals surface area contributed by atoms with Gasteiger partial charge in [-0.25, -0.2) is 0 Å². The third kappa shape index (κ3) is 2.44. The van der Waals surface area contributed by atoms with Crippen molar-refractivity contribution in [2.45, 2.75) is 44.4 Å². The second kappa shape index (κ2) is 4.68. The second-order valence-electron chi connectivity index (χ2n) is 4.13. The standard InChI is InChI=1S/C11H16BrNO2/c1-7(11-8(12)5-6-15-11)13-9-3-2-4-10(9)14/h5-7,9-10,13-14H,2-4H2,1H3. The Kier molecular flexibility index (Phi) is 3.49. The lowest BCUT2D eigenvalue weighted by Crippen LogP contribution is -2.37. The summed E-state index contributed by atoms with van der Waals surface area (Å²) in [7, 11) is 0. The second-order valence-corrected chi connectivity index (χ2v) is 4.98. The highest BCUT2D eigenvalue weighted by molar-refractivity contribution is 9.10. The number of rotatable bonds is 3. The molecule has 2 rings (SSSR count). The summed E-state index contributed by atoms with van der Waals surface area (Å²) in [6, 6.07) is 2.22. The van der Waals surface area contributed by atoms with Gasteiger partial charge in [-0.3, -0.25) is 0 Å². The molecule has 1 heterocycles. The average molecular weight is 274 g/mol. The molecule has 0 amide bonds. The van der Waals surface area contributed by atoms with Gasteiger partial charge in [0.2, 0.25) is 0 Å². The Morgan fingerprint density at radius 2 is 2.40 bits per heavy atom. The molecule has 1 aromatic rings. The number of halogens is 1. The molecule has 1 aliphatic carbocycles. The van der Waals surface area contributed by atoms with E-state index in [1.807, 2.05) is 6.07 Å². The summed E-state index contributed by atoms with van der Waals surface area (Å²) >= 11 is 3.44. The summed E-state index contributed by atoms with van der Waals surface area (Å²) in [6.07, 6.45) is 4.52.